The molecular formula is C16H14FN3O2. The van der Waals surface area contributed by atoms with Gasteiger partial charge in [-0.05, 0) is 36.4 Å². The van der Waals surface area contributed by atoms with E-state index < -0.39 is 6.03 Å². The lowest BCUT2D eigenvalue weighted by Crippen LogP contribution is -2.32. The number of hydrogen-bond donors (Lipinski definition) is 2. The Morgan fingerprint density at radius 3 is 2.64 bits per heavy atom. The Morgan fingerprint density at radius 2 is 1.91 bits per heavy atom. The highest BCUT2D eigenvalue weighted by Gasteiger charge is 2.05. The number of nitrogens with zero attached hydrogens (tertiary/aromatic N) is 1. The molecule has 2 N–H and O–H groups in total. The van der Waals surface area contributed by atoms with Gasteiger partial charge in [0.1, 0.15) is 24.2 Å². The van der Waals surface area contributed by atoms with Crippen LogP contribution >= 0.6 is 0 Å². The van der Waals surface area contributed by atoms with Crippen molar-refractivity contribution in [2.45, 2.75) is 0 Å². The van der Waals surface area contributed by atoms with E-state index in [2.05, 4.69) is 10.6 Å². The summed E-state index contributed by atoms with van der Waals surface area (Å²) in [4.78, 5) is 11.7. The topological polar surface area (TPSA) is 74.2 Å². The van der Waals surface area contributed by atoms with Crippen molar-refractivity contribution >= 4 is 11.7 Å². The summed E-state index contributed by atoms with van der Waals surface area (Å²) in [5.41, 5.74) is 0.835. The summed E-state index contributed by atoms with van der Waals surface area (Å²) < 4.78 is 18.1. The van der Waals surface area contributed by atoms with E-state index in [0.717, 1.165) is 0 Å². The largest absolute Gasteiger partial charge is 0.492 e. The maximum absolute atomic E-state index is 12.7. The molecule has 5 nitrogen and oxygen atoms in total. The molecule has 22 heavy (non-hydrogen) atoms. The summed E-state index contributed by atoms with van der Waals surface area (Å²) in [5, 5.41) is 14.1. The second-order valence-corrected chi connectivity index (χ2v) is 4.34. The van der Waals surface area contributed by atoms with E-state index in [1.54, 1.807) is 24.3 Å². The third-order valence-corrected chi connectivity index (χ3v) is 2.77. The quantitative estimate of drug-likeness (QED) is 0.834. The van der Waals surface area contributed by atoms with Crippen molar-refractivity contribution in [2.24, 2.45) is 0 Å². The average Bonchev–Trinajstić information content (AvgIpc) is 2.54. The Labute approximate surface area is 127 Å². The molecule has 2 aromatic carbocycles. The van der Waals surface area contributed by atoms with Crippen molar-refractivity contribution in [3.63, 3.8) is 0 Å². The zero-order valence-electron chi connectivity index (χ0n) is 11.7. The highest BCUT2D eigenvalue weighted by Crippen LogP contribution is 2.13. The van der Waals surface area contributed by atoms with Gasteiger partial charge in [0.2, 0.25) is 0 Å². The Kier molecular flexibility index (Phi) is 5.32. The van der Waals surface area contributed by atoms with Gasteiger partial charge in [0.25, 0.3) is 0 Å². The second kappa shape index (κ2) is 7.64. The lowest BCUT2D eigenvalue weighted by atomic mass is 10.2. The minimum atomic E-state index is -0.426. The molecule has 0 saturated heterocycles. The highest BCUT2D eigenvalue weighted by molar-refractivity contribution is 5.90. The van der Waals surface area contributed by atoms with Crippen LogP contribution in [-0.2, 0) is 0 Å². The van der Waals surface area contributed by atoms with Gasteiger partial charge < -0.3 is 15.4 Å². The molecule has 0 atom stereocenters. The van der Waals surface area contributed by atoms with Gasteiger partial charge in [0.05, 0.1) is 17.8 Å². The number of carbonyl (C=O) groups is 1. The Bertz CT molecular complexity index is 681. The number of amides is 2. The van der Waals surface area contributed by atoms with Crippen LogP contribution in [0.1, 0.15) is 5.56 Å². The third-order valence-electron chi connectivity index (χ3n) is 2.77. The molecule has 0 unspecified atom stereocenters. The van der Waals surface area contributed by atoms with Gasteiger partial charge in [-0.15, -0.1) is 0 Å². The lowest BCUT2D eigenvalue weighted by molar-refractivity contribution is 0.247. The van der Waals surface area contributed by atoms with Crippen LogP contribution in [-0.4, -0.2) is 19.2 Å². The third kappa shape index (κ3) is 4.49. The summed E-state index contributed by atoms with van der Waals surface area (Å²) in [6.45, 7) is 0.525. The molecule has 0 aliphatic heterocycles. The Balaban J connectivity index is 1.74. The molecule has 112 valence electrons. The van der Waals surface area contributed by atoms with Crippen LogP contribution in [0.3, 0.4) is 0 Å². The first-order valence-electron chi connectivity index (χ1n) is 6.61. The molecule has 0 aromatic heterocycles. The van der Waals surface area contributed by atoms with E-state index >= 15 is 0 Å². The molecule has 0 saturated carbocycles. The summed E-state index contributed by atoms with van der Waals surface area (Å²) >= 11 is 0. The fourth-order valence-corrected chi connectivity index (χ4v) is 1.72. The summed E-state index contributed by atoms with van der Waals surface area (Å²) in [6, 6.07) is 13.9. The molecule has 0 fully saturated rings. The predicted octanol–water partition coefficient (Wildman–Crippen LogP) is 2.90. The number of para-hydroxylation sites is 1. The van der Waals surface area contributed by atoms with E-state index in [1.807, 2.05) is 6.07 Å². The number of hydrogen-bond acceptors (Lipinski definition) is 3. The summed E-state index contributed by atoms with van der Waals surface area (Å²) in [6.07, 6.45) is 0. The van der Waals surface area contributed by atoms with Crippen LogP contribution < -0.4 is 15.4 Å². The number of benzene rings is 2. The zero-order valence-corrected chi connectivity index (χ0v) is 11.7. The van der Waals surface area contributed by atoms with Gasteiger partial charge >= 0.3 is 6.03 Å². The second-order valence-electron chi connectivity index (χ2n) is 4.34. The van der Waals surface area contributed by atoms with Crippen molar-refractivity contribution in [1.29, 1.82) is 5.26 Å². The normalized spacial score (nSPS) is 9.64. The van der Waals surface area contributed by atoms with Crippen molar-refractivity contribution < 1.29 is 13.9 Å². The smallest absolute Gasteiger partial charge is 0.319 e. The number of nitrogens with one attached hydrogen (secondary N) is 2. The van der Waals surface area contributed by atoms with E-state index in [-0.39, 0.29) is 19.0 Å². The minimum absolute atomic E-state index is 0.249. The average molecular weight is 299 g/mol. The Hall–Kier alpha value is -3.07. The van der Waals surface area contributed by atoms with Crippen molar-refractivity contribution in [2.75, 3.05) is 18.5 Å². The first kappa shape index (κ1) is 15.3. The standard InChI is InChI=1S/C16H14FN3O2/c17-13-5-7-14(8-6-13)22-10-9-19-16(21)20-15-4-2-1-3-12(15)11-18/h1-8H,9-10H2,(H2,19,20,21). The van der Waals surface area contributed by atoms with E-state index in [0.29, 0.717) is 17.0 Å². The minimum Gasteiger partial charge on any atom is -0.492 e. The van der Waals surface area contributed by atoms with Crippen LogP contribution in [0.25, 0.3) is 0 Å². The van der Waals surface area contributed by atoms with E-state index in [4.69, 9.17) is 10.00 Å². The molecule has 0 aliphatic rings. The van der Waals surface area contributed by atoms with E-state index in [1.165, 1.54) is 24.3 Å². The number of ether oxygens (including phenoxy) is 1. The highest BCUT2D eigenvalue weighted by atomic mass is 19.1. The van der Waals surface area contributed by atoms with Gasteiger partial charge in [-0.1, -0.05) is 12.1 Å². The van der Waals surface area contributed by atoms with Gasteiger partial charge in [-0.25, -0.2) is 9.18 Å². The maximum Gasteiger partial charge on any atom is 0.319 e. The first-order valence-corrected chi connectivity index (χ1v) is 6.61. The van der Waals surface area contributed by atoms with Gasteiger partial charge in [0, 0.05) is 0 Å². The van der Waals surface area contributed by atoms with Gasteiger partial charge in [0.15, 0.2) is 0 Å². The van der Waals surface area contributed by atoms with Gasteiger partial charge in [-0.2, -0.15) is 5.26 Å². The molecule has 2 rings (SSSR count). The molecule has 0 spiro atoms. The van der Waals surface area contributed by atoms with Crippen LogP contribution in [0, 0.1) is 17.1 Å². The first-order chi connectivity index (χ1) is 10.7. The summed E-state index contributed by atoms with van der Waals surface area (Å²) in [7, 11) is 0. The molecule has 2 amide bonds. The zero-order chi connectivity index (χ0) is 15.8. The fourth-order valence-electron chi connectivity index (χ4n) is 1.72. The molecular weight excluding hydrogens is 285 g/mol. The van der Waals surface area contributed by atoms with E-state index in [9.17, 15) is 9.18 Å². The number of carbonyl (C=O) groups excluding carboxylic acids is 1. The number of anilines is 1. The van der Waals surface area contributed by atoms with Crippen LogP contribution in [0.4, 0.5) is 14.9 Å². The SMILES string of the molecule is N#Cc1ccccc1NC(=O)NCCOc1ccc(F)cc1. The van der Waals surface area contributed by atoms with Gasteiger partial charge in [-0.3, -0.25) is 0 Å². The molecule has 6 heteroatoms. The number of rotatable bonds is 5. The Morgan fingerprint density at radius 1 is 1.18 bits per heavy atom. The maximum atomic E-state index is 12.7. The number of urea groups is 1. The van der Waals surface area contributed by atoms with Crippen molar-refractivity contribution in [1.82, 2.24) is 5.32 Å². The molecule has 0 heterocycles. The van der Waals surface area contributed by atoms with Crippen LogP contribution in [0.2, 0.25) is 0 Å². The molecule has 2 aromatic rings. The molecule has 0 aliphatic carbocycles. The predicted molar refractivity (Wildman–Crippen MR) is 80.1 cm³/mol. The number of halogens is 1. The summed E-state index contributed by atoms with van der Waals surface area (Å²) in [5.74, 6) is 0.194. The lowest BCUT2D eigenvalue weighted by Gasteiger charge is -2.09. The van der Waals surface area contributed by atoms with Crippen LogP contribution in [0.5, 0.6) is 5.75 Å². The van der Waals surface area contributed by atoms with Crippen molar-refractivity contribution in [3.8, 4) is 11.8 Å². The fraction of sp³-hybridized carbons (Fsp3) is 0.125. The molecule has 0 bridgehead atoms. The monoisotopic (exact) mass is 299 g/mol. The van der Waals surface area contributed by atoms with Crippen molar-refractivity contribution in [3.05, 3.63) is 59.9 Å². The number of nitriles is 1. The molecule has 0 radical (unpaired) electrons. The van der Waals surface area contributed by atoms with Crippen LogP contribution in [0.15, 0.2) is 48.5 Å².